The number of aromatic nitrogens is 1. The molecule has 0 aromatic carbocycles. The van der Waals surface area contributed by atoms with Crippen LogP contribution in [-0.4, -0.2) is 48.1 Å². The quantitative estimate of drug-likeness (QED) is 0.890. The van der Waals surface area contributed by atoms with Gasteiger partial charge in [0.2, 0.25) is 5.91 Å². The summed E-state index contributed by atoms with van der Waals surface area (Å²) in [6, 6.07) is 0.343. The van der Waals surface area contributed by atoms with Crippen LogP contribution in [0, 0.1) is 0 Å². The number of amides is 1. The van der Waals surface area contributed by atoms with Crippen molar-refractivity contribution in [2.45, 2.75) is 37.8 Å². The van der Waals surface area contributed by atoms with Gasteiger partial charge >= 0.3 is 0 Å². The van der Waals surface area contributed by atoms with E-state index in [1.807, 2.05) is 16.5 Å². The number of likely N-dealkylation sites (tertiary alicyclic amines) is 1. The second-order valence-electron chi connectivity index (χ2n) is 5.40. The second-order valence-corrected chi connectivity index (χ2v) is 6.33. The monoisotopic (exact) mass is 367 g/mol. The number of rotatable bonds is 3. The minimum Gasteiger partial charge on any atom is -0.378 e. The third-order valence-corrected chi connectivity index (χ3v) is 4.86. The van der Waals surface area contributed by atoms with Gasteiger partial charge in [0.25, 0.3) is 0 Å². The van der Waals surface area contributed by atoms with Gasteiger partial charge in [-0.3, -0.25) is 4.79 Å². The number of hydrogen-bond acceptors (Lipinski definition) is 5. The zero-order valence-corrected chi connectivity index (χ0v) is 14.9. The number of thiazole rings is 1. The van der Waals surface area contributed by atoms with Crippen LogP contribution in [-0.2, 0) is 9.53 Å². The van der Waals surface area contributed by atoms with E-state index < -0.39 is 0 Å². The number of ether oxygens (including phenoxy) is 1. The first-order chi connectivity index (χ1) is 9.84. The molecule has 3 heterocycles. The van der Waals surface area contributed by atoms with Crippen molar-refractivity contribution in [2.24, 2.45) is 0 Å². The number of piperidine rings is 1. The van der Waals surface area contributed by atoms with E-state index in [-0.39, 0.29) is 42.8 Å². The van der Waals surface area contributed by atoms with Crippen LogP contribution >= 0.6 is 36.2 Å². The van der Waals surface area contributed by atoms with Gasteiger partial charge in [-0.25, -0.2) is 4.98 Å². The predicted octanol–water partition coefficient (Wildman–Crippen LogP) is 2.42. The molecule has 126 valence electrons. The predicted molar refractivity (Wildman–Crippen MR) is 92.1 cm³/mol. The first-order valence-electron chi connectivity index (χ1n) is 7.34. The van der Waals surface area contributed by atoms with E-state index in [0.29, 0.717) is 13.0 Å². The Hall–Kier alpha value is -0.400. The third kappa shape index (κ3) is 4.80. The van der Waals surface area contributed by atoms with Gasteiger partial charge in [0.05, 0.1) is 19.3 Å². The van der Waals surface area contributed by atoms with E-state index in [2.05, 4.69) is 10.3 Å². The van der Waals surface area contributed by atoms with Crippen molar-refractivity contribution in [1.29, 1.82) is 0 Å². The van der Waals surface area contributed by atoms with Crippen molar-refractivity contribution in [3.05, 3.63) is 16.6 Å². The smallest absolute Gasteiger partial charge is 0.224 e. The number of nitrogens with zero attached hydrogens (tertiary/aromatic N) is 2. The fourth-order valence-corrected chi connectivity index (χ4v) is 3.75. The van der Waals surface area contributed by atoms with Crippen molar-refractivity contribution in [3.8, 4) is 0 Å². The Bertz CT molecular complexity index is 441. The fourth-order valence-electron chi connectivity index (χ4n) is 2.96. The third-order valence-electron chi connectivity index (χ3n) is 3.98. The van der Waals surface area contributed by atoms with E-state index in [1.165, 1.54) is 6.42 Å². The lowest BCUT2D eigenvalue weighted by molar-refractivity contribution is -0.136. The molecule has 22 heavy (non-hydrogen) atoms. The van der Waals surface area contributed by atoms with Crippen LogP contribution in [0.4, 0.5) is 0 Å². The average Bonchev–Trinajstić information content (AvgIpc) is 3.02. The summed E-state index contributed by atoms with van der Waals surface area (Å²) >= 11 is 1.65. The molecule has 2 saturated heterocycles. The van der Waals surface area contributed by atoms with Crippen LogP contribution < -0.4 is 5.32 Å². The lowest BCUT2D eigenvalue weighted by atomic mass is 10.0. The largest absolute Gasteiger partial charge is 0.378 e. The molecule has 0 bridgehead atoms. The molecule has 1 aromatic heterocycles. The Morgan fingerprint density at radius 1 is 1.45 bits per heavy atom. The molecule has 0 radical (unpaired) electrons. The maximum atomic E-state index is 12.6. The van der Waals surface area contributed by atoms with E-state index in [0.717, 1.165) is 37.5 Å². The molecule has 2 aliphatic rings. The average molecular weight is 368 g/mol. The zero-order valence-electron chi connectivity index (χ0n) is 12.4. The van der Waals surface area contributed by atoms with Gasteiger partial charge in [0, 0.05) is 37.1 Å². The van der Waals surface area contributed by atoms with Crippen LogP contribution in [0.5, 0.6) is 0 Å². The first kappa shape index (κ1) is 19.6. The highest BCUT2D eigenvalue weighted by molar-refractivity contribution is 7.09. The molecule has 2 atom stereocenters. The molecule has 0 spiro atoms. The van der Waals surface area contributed by atoms with Crippen LogP contribution in [0.2, 0.25) is 0 Å². The Kier molecular flexibility index (Phi) is 8.64. The molecular formula is C14H23Cl2N3O2S. The van der Waals surface area contributed by atoms with Gasteiger partial charge in [0.1, 0.15) is 5.01 Å². The molecule has 2 fully saturated rings. The Morgan fingerprint density at radius 3 is 3.00 bits per heavy atom. The van der Waals surface area contributed by atoms with Crippen molar-refractivity contribution in [3.63, 3.8) is 0 Å². The molecule has 2 aliphatic heterocycles. The summed E-state index contributed by atoms with van der Waals surface area (Å²) in [7, 11) is 0. The summed E-state index contributed by atoms with van der Waals surface area (Å²) in [6.45, 7) is 3.09. The molecule has 5 nitrogen and oxygen atoms in total. The van der Waals surface area contributed by atoms with Gasteiger partial charge in [-0.2, -0.15) is 0 Å². The lowest BCUT2D eigenvalue weighted by Gasteiger charge is -2.36. The van der Waals surface area contributed by atoms with Gasteiger partial charge in [-0.1, -0.05) is 0 Å². The molecular weight excluding hydrogens is 345 g/mol. The normalized spacial score (nSPS) is 25.0. The van der Waals surface area contributed by atoms with E-state index >= 15 is 0 Å². The lowest BCUT2D eigenvalue weighted by Crippen LogP contribution is -2.46. The number of carbonyl (C=O) groups excluding carboxylic acids is 1. The van der Waals surface area contributed by atoms with Gasteiger partial charge in [-0.15, -0.1) is 36.2 Å². The Labute approximate surface area is 147 Å². The minimum absolute atomic E-state index is 0. The Balaban J connectivity index is 0.00000121. The van der Waals surface area contributed by atoms with Crippen molar-refractivity contribution >= 4 is 42.1 Å². The van der Waals surface area contributed by atoms with Crippen LogP contribution in [0.1, 0.15) is 36.7 Å². The van der Waals surface area contributed by atoms with Crippen LogP contribution in [0.25, 0.3) is 0 Å². The number of nitrogens with one attached hydrogen (secondary N) is 1. The van der Waals surface area contributed by atoms with Gasteiger partial charge < -0.3 is 15.0 Å². The molecule has 3 rings (SSSR count). The highest BCUT2D eigenvalue weighted by atomic mass is 35.5. The first-order valence-corrected chi connectivity index (χ1v) is 8.22. The molecule has 1 aromatic rings. The minimum atomic E-state index is 0. The number of hydrogen-bond donors (Lipinski definition) is 1. The summed E-state index contributed by atoms with van der Waals surface area (Å²) in [5.41, 5.74) is 0. The summed E-state index contributed by atoms with van der Waals surface area (Å²) in [4.78, 5) is 19.0. The fraction of sp³-hybridized carbons (Fsp3) is 0.714. The van der Waals surface area contributed by atoms with E-state index in [4.69, 9.17) is 4.74 Å². The Morgan fingerprint density at radius 2 is 2.32 bits per heavy atom. The zero-order chi connectivity index (χ0) is 13.8. The van der Waals surface area contributed by atoms with Crippen LogP contribution in [0.15, 0.2) is 11.6 Å². The van der Waals surface area contributed by atoms with Gasteiger partial charge in [-0.05, 0) is 19.3 Å². The molecule has 0 saturated carbocycles. The SMILES string of the molecule is Cl.Cl.O=C(CC1COCCN1)N1CCCCC1c1nccs1. The van der Waals surface area contributed by atoms with E-state index in [1.54, 1.807) is 11.3 Å². The summed E-state index contributed by atoms with van der Waals surface area (Å²) in [5.74, 6) is 0.230. The summed E-state index contributed by atoms with van der Waals surface area (Å²) in [5, 5.41) is 6.42. The molecule has 1 N–H and O–H groups in total. The highest BCUT2D eigenvalue weighted by Crippen LogP contribution is 2.32. The maximum absolute atomic E-state index is 12.6. The van der Waals surface area contributed by atoms with Crippen molar-refractivity contribution in [2.75, 3.05) is 26.3 Å². The number of halogens is 2. The number of carbonyl (C=O) groups is 1. The van der Waals surface area contributed by atoms with E-state index in [9.17, 15) is 4.79 Å². The standard InChI is InChI=1S/C14H21N3O2S.2ClH/c18-13(9-11-10-19-7-4-15-11)17-6-2-1-3-12(17)14-16-5-8-20-14;;/h5,8,11-12,15H,1-4,6-7,9-10H2;2*1H. The molecule has 2 unspecified atom stereocenters. The molecule has 1 amide bonds. The topological polar surface area (TPSA) is 54.5 Å². The second kappa shape index (κ2) is 9.67. The highest BCUT2D eigenvalue weighted by Gasteiger charge is 2.31. The molecule has 8 heteroatoms. The van der Waals surface area contributed by atoms with Crippen molar-refractivity contribution in [1.82, 2.24) is 15.2 Å². The number of morpholine rings is 1. The summed E-state index contributed by atoms with van der Waals surface area (Å²) in [6.07, 6.45) is 5.67. The maximum Gasteiger partial charge on any atom is 0.224 e. The summed E-state index contributed by atoms with van der Waals surface area (Å²) < 4.78 is 5.43. The van der Waals surface area contributed by atoms with Gasteiger partial charge in [0.15, 0.2) is 0 Å². The van der Waals surface area contributed by atoms with Crippen LogP contribution in [0.3, 0.4) is 0 Å². The molecule has 0 aliphatic carbocycles. The van der Waals surface area contributed by atoms with Crippen molar-refractivity contribution < 1.29 is 9.53 Å².